The number of nitrogens with zero attached hydrogens (tertiary/aromatic N) is 2. The van der Waals surface area contributed by atoms with Gasteiger partial charge >= 0.3 is 0 Å². The van der Waals surface area contributed by atoms with E-state index in [1.165, 1.54) is 0 Å². The molecule has 0 saturated heterocycles. The summed E-state index contributed by atoms with van der Waals surface area (Å²) in [6.07, 6.45) is 6.80. The Morgan fingerprint density at radius 2 is 2.32 bits per heavy atom. The number of halogens is 1. The molecule has 0 aromatic carbocycles. The average Bonchev–Trinajstić information content (AvgIpc) is 3.03. The van der Waals surface area contributed by atoms with Crippen molar-refractivity contribution >= 4 is 11.6 Å². The van der Waals surface area contributed by atoms with E-state index in [2.05, 4.69) is 39.1 Å². The van der Waals surface area contributed by atoms with Crippen LogP contribution in [-0.2, 0) is 13.0 Å². The number of unbranched alkanes of at least 4 members (excludes halogenated alkanes) is 1. The molecule has 2 aromatic rings. The number of nitrogens with one attached hydrogen (secondary N) is 3. The molecule has 1 unspecified atom stereocenters. The van der Waals surface area contributed by atoms with Gasteiger partial charge in [-0.2, -0.15) is 0 Å². The van der Waals surface area contributed by atoms with Crippen molar-refractivity contribution in [3.8, 4) is 0 Å². The maximum atomic E-state index is 6.13. The van der Waals surface area contributed by atoms with E-state index in [1.807, 2.05) is 6.20 Å². The number of imidazole rings is 2. The largest absolute Gasteiger partial charge is 0.347 e. The third kappa shape index (κ3) is 3.81. The Kier molecular flexibility index (Phi) is 4.99. The van der Waals surface area contributed by atoms with Gasteiger partial charge in [-0.1, -0.05) is 24.9 Å². The predicted octanol–water partition coefficient (Wildman–Crippen LogP) is 2.98. The van der Waals surface area contributed by atoms with E-state index >= 15 is 0 Å². The van der Waals surface area contributed by atoms with E-state index in [0.717, 1.165) is 36.6 Å². The van der Waals surface area contributed by atoms with Crippen molar-refractivity contribution in [3.63, 3.8) is 0 Å². The summed E-state index contributed by atoms with van der Waals surface area (Å²) in [5, 5.41) is 3.92. The highest BCUT2D eigenvalue weighted by Gasteiger charge is 2.11. The fourth-order valence-corrected chi connectivity index (χ4v) is 2.10. The first kappa shape index (κ1) is 14.1. The number of aryl methyl sites for hydroxylation is 1. The smallest absolute Gasteiger partial charge is 0.151 e. The lowest BCUT2D eigenvalue weighted by molar-refractivity contribution is 0.545. The predicted molar refractivity (Wildman–Crippen MR) is 76.1 cm³/mol. The van der Waals surface area contributed by atoms with Gasteiger partial charge in [0.15, 0.2) is 5.15 Å². The molecule has 0 aliphatic heterocycles. The van der Waals surface area contributed by atoms with Gasteiger partial charge in [0.05, 0.1) is 11.7 Å². The molecule has 0 amide bonds. The van der Waals surface area contributed by atoms with Gasteiger partial charge in [-0.05, 0) is 13.3 Å². The zero-order valence-corrected chi connectivity index (χ0v) is 12.1. The van der Waals surface area contributed by atoms with Crippen LogP contribution in [0.1, 0.15) is 50.1 Å². The number of hydrogen-bond donors (Lipinski definition) is 3. The molecule has 1 atom stereocenters. The van der Waals surface area contributed by atoms with Gasteiger partial charge in [-0.25, -0.2) is 9.97 Å². The van der Waals surface area contributed by atoms with E-state index in [4.69, 9.17) is 11.6 Å². The second-order valence-electron chi connectivity index (χ2n) is 4.63. The lowest BCUT2D eigenvalue weighted by Gasteiger charge is -2.10. The molecule has 104 valence electrons. The average molecular weight is 282 g/mol. The summed E-state index contributed by atoms with van der Waals surface area (Å²) >= 11 is 6.13. The quantitative estimate of drug-likeness (QED) is 0.731. The molecule has 0 fully saturated rings. The van der Waals surface area contributed by atoms with Crippen LogP contribution in [0.4, 0.5) is 0 Å². The first-order valence-electron chi connectivity index (χ1n) is 6.66. The highest BCUT2D eigenvalue weighted by molar-refractivity contribution is 6.30. The van der Waals surface area contributed by atoms with E-state index in [0.29, 0.717) is 11.7 Å². The topological polar surface area (TPSA) is 69.4 Å². The van der Waals surface area contributed by atoms with Crippen LogP contribution in [0.2, 0.25) is 5.15 Å². The van der Waals surface area contributed by atoms with Gasteiger partial charge in [0.2, 0.25) is 0 Å². The molecule has 19 heavy (non-hydrogen) atoms. The fraction of sp³-hybridized carbons (Fsp3) is 0.538. The first-order valence-corrected chi connectivity index (χ1v) is 7.04. The minimum absolute atomic E-state index is 0.147. The summed E-state index contributed by atoms with van der Waals surface area (Å²) in [6, 6.07) is 0.147. The molecule has 2 heterocycles. The van der Waals surface area contributed by atoms with Crippen molar-refractivity contribution < 1.29 is 0 Å². The minimum atomic E-state index is 0.147. The van der Waals surface area contributed by atoms with Gasteiger partial charge in [-0.15, -0.1) is 0 Å². The van der Waals surface area contributed by atoms with Crippen LogP contribution in [0.3, 0.4) is 0 Å². The standard InChI is InChI=1S/C13H20ClN5/c1-3-4-5-11-18-10(12(14)19-11)8-17-9(2)13-15-6-7-16-13/h6-7,9,17H,3-5,8H2,1-2H3,(H,15,16)(H,18,19). The SMILES string of the molecule is CCCCc1nc(Cl)c(CNC(C)c2ncc[nH]2)[nH]1. The second-order valence-corrected chi connectivity index (χ2v) is 4.99. The molecular formula is C13H20ClN5. The van der Waals surface area contributed by atoms with E-state index in [9.17, 15) is 0 Å². The highest BCUT2D eigenvalue weighted by atomic mass is 35.5. The van der Waals surface area contributed by atoms with E-state index in [-0.39, 0.29) is 6.04 Å². The molecule has 0 spiro atoms. The molecule has 3 N–H and O–H groups in total. The number of aromatic amines is 2. The summed E-state index contributed by atoms with van der Waals surface area (Å²) in [5.74, 6) is 1.89. The van der Waals surface area contributed by atoms with Gasteiger partial charge in [0.25, 0.3) is 0 Å². The summed E-state index contributed by atoms with van der Waals surface area (Å²) in [5.41, 5.74) is 0.936. The molecule has 2 rings (SSSR count). The maximum Gasteiger partial charge on any atom is 0.151 e. The Morgan fingerprint density at radius 3 is 3.00 bits per heavy atom. The van der Waals surface area contributed by atoms with Gasteiger partial charge in [0, 0.05) is 25.4 Å². The van der Waals surface area contributed by atoms with Crippen LogP contribution in [-0.4, -0.2) is 19.9 Å². The Morgan fingerprint density at radius 1 is 1.47 bits per heavy atom. The second kappa shape index (κ2) is 6.73. The Hall–Kier alpha value is -1.33. The van der Waals surface area contributed by atoms with Crippen molar-refractivity contribution in [1.82, 2.24) is 25.3 Å². The van der Waals surface area contributed by atoms with Gasteiger partial charge in [0.1, 0.15) is 11.6 Å². The molecule has 2 aromatic heterocycles. The Balaban J connectivity index is 1.90. The van der Waals surface area contributed by atoms with Crippen molar-refractivity contribution in [3.05, 3.63) is 34.9 Å². The Bertz CT molecular complexity index is 491. The molecule has 0 bridgehead atoms. The van der Waals surface area contributed by atoms with Crippen LogP contribution in [0.15, 0.2) is 12.4 Å². The van der Waals surface area contributed by atoms with Crippen LogP contribution in [0.5, 0.6) is 0 Å². The number of H-pyrrole nitrogens is 2. The zero-order valence-electron chi connectivity index (χ0n) is 11.3. The number of aromatic nitrogens is 4. The van der Waals surface area contributed by atoms with E-state index in [1.54, 1.807) is 6.20 Å². The minimum Gasteiger partial charge on any atom is -0.347 e. The van der Waals surface area contributed by atoms with Crippen molar-refractivity contribution in [1.29, 1.82) is 0 Å². The van der Waals surface area contributed by atoms with Crippen LogP contribution in [0.25, 0.3) is 0 Å². The summed E-state index contributed by atoms with van der Waals surface area (Å²) in [4.78, 5) is 14.9. The highest BCUT2D eigenvalue weighted by Crippen LogP contribution is 2.15. The van der Waals surface area contributed by atoms with Crippen molar-refractivity contribution in [2.75, 3.05) is 0 Å². The fourth-order valence-electron chi connectivity index (χ4n) is 1.89. The monoisotopic (exact) mass is 281 g/mol. The van der Waals surface area contributed by atoms with Crippen LogP contribution < -0.4 is 5.32 Å². The lowest BCUT2D eigenvalue weighted by atomic mass is 10.2. The van der Waals surface area contributed by atoms with Gasteiger partial charge in [-0.3, -0.25) is 0 Å². The molecule has 6 heteroatoms. The molecule has 5 nitrogen and oxygen atoms in total. The first-order chi connectivity index (χ1) is 9.20. The molecule has 0 aliphatic carbocycles. The third-order valence-corrected chi connectivity index (χ3v) is 3.37. The van der Waals surface area contributed by atoms with Crippen molar-refractivity contribution in [2.45, 2.75) is 45.7 Å². The summed E-state index contributed by atoms with van der Waals surface area (Å²) in [7, 11) is 0. The van der Waals surface area contributed by atoms with Crippen LogP contribution >= 0.6 is 11.6 Å². The number of hydrogen-bond acceptors (Lipinski definition) is 3. The lowest BCUT2D eigenvalue weighted by Crippen LogP contribution is -2.19. The third-order valence-electron chi connectivity index (χ3n) is 3.06. The molecule has 0 aliphatic rings. The molecule has 0 saturated carbocycles. The normalized spacial score (nSPS) is 12.8. The number of rotatable bonds is 7. The molecular weight excluding hydrogens is 262 g/mol. The van der Waals surface area contributed by atoms with Gasteiger partial charge < -0.3 is 15.3 Å². The molecule has 0 radical (unpaired) electrons. The van der Waals surface area contributed by atoms with Crippen LogP contribution in [0, 0.1) is 0 Å². The van der Waals surface area contributed by atoms with Crippen molar-refractivity contribution in [2.24, 2.45) is 0 Å². The van der Waals surface area contributed by atoms with E-state index < -0.39 is 0 Å². The summed E-state index contributed by atoms with van der Waals surface area (Å²) < 4.78 is 0. The Labute approximate surface area is 118 Å². The zero-order chi connectivity index (χ0) is 13.7. The maximum absolute atomic E-state index is 6.13. The summed E-state index contributed by atoms with van der Waals surface area (Å²) in [6.45, 7) is 4.87.